The molecule has 1 N–H and O–H groups in total. The van der Waals surface area contributed by atoms with Crippen molar-refractivity contribution in [3.63, 3.8) is 0 Å². The van der Waals surface area contributed by atoms with Crippen molar-refractivity contribution in [1.29, 1.82) is 0 Å². The highest BCUT2D eigenvalue weighted by Crippen LogP contribution is 2.17. The number of carbonyl (C=O) groups excluding carboxylic acids is 2. The fourth-order valence-corrected chi connectivity index (χ4v) is 3.68. The minimum absolute atomic E-state index is 0.0212. The van der Waals surface area contributed by atoms with Crippen molar-refractivity contribution in [1.82, 2.24) is 10.2 Å². The molecule has 0 heterocycles. The van der Waals surface area contributed by atoms with Crippen molar-refractivity contribution in [3.05, 3.63) is 70.3 Å². The van der Waals surface area contributed by atoms with Crippen LogP contribution in [-0.4, -0.2) is 29.3 Å². The average molecular weight is 409 g/mol. The van der Waals surface area contributed by atoms with E-state index in [1.807, 2.05) is 52.0 Å². The molecule has 2 aromatic carbocycles. The molecule has 0 aliphatic heterocycles. The summed E-state index contributed by atoms with van der Waals surface area (Å²) in [7, 11) is 0. The molecule has 30 heavy (non-hydrogen) atoms. The Labute approximate surface area is 181 Å². The molecule has 0 fully saturated rings. The normalized spacial score (nSPS) is 12.0. The summed E-state index contributed by atoms with van der Waals surface area (Å²) in [5.41, 5.74) is 5.48. The highest BCUT2D eigenvalue weighted by molar-refractivity contribution is 5.88. The summed E-state index contributed by atoms with van der Waals surface area (Å²) in [6.45, 7) is 13.3. The first kappa shape index (κ1) is 23.7. The molecule has 2 aromatic rings. The third kappa shape index (κ3) is 7.01. The van der Waals surface area contributed by atoms with Gasteiger partial charge in [0.1, 0.15) is 6.04 Å². The number of amides is 2. The second-order valence-electron chi connectivity index (χ2n) is 8.74. The first-order valence-corrected chi connectivity index (χ1v) is 10.9. The maximum atomic E-state index is 13.4. The third-order valence-corrected chi connectivity index (χ3v) is 5.18. The van der Waals surface area contributed by atoms with Gasteiger partial charge < -0.3 is 10.2 Å². The number of nitrogens with zero attached hydrogens (tertiary/aromatic N) is 1. The molecule has 2 amide bonds. The van der Waals surface area contributed by atoms with Crippen LogP contribution in [0.25, 0.3) is 0 Å². The Morgan fingerprint density at radius 2 is 1.50 bits per heavy atom. The highest BCUT2D eigenvalue weighted by Gasteiger charge is 2.28. The van der Waals surface area contributed by atoms with E-state index in [0.29, 0.717) is 31.8 Å². The van der Waals surface area contributed by atoms with Gasteiger partial charge in [0.2, 0.25) is 11.8 Å². The minimum atomic E-state index is -0.483. The summed E-state index contributed by atoms with van der Waals surface area (Å²) in [6.07, 6.45) is 0.872. The summed E-state index contributed by atoms with van der Waals surface area (Å²) in [5, 5.41) is 3.01. The molecule has 162 valence electrons. The molecule has 0 spiro atoms. The van der Waals surface area contributed by atoms with Crippen LogP contribution >= 0.6 is 0 Å². The zero-order valence-electron chi connectivity index (χ0n) is 19.3. The summed E-state index contributed by atoms with van der Waals surface area (Å²) in [6, 6.07) is 13.9. The molecule has 0 radical (unpaired) electrons. The molecular weight excluding hydrogens is 372 g/mol. The van der Waals surface area contributed by atoms with Gasteiger partial charge in [-0.2, -0.15) is 0 Å². The molecule has 4 nitrogen and oxygen atoms in total. The molecule has 0 bridgehead atoms. The van der Waals surface area contributed by atoms with E-state index in [0.717, 1.165) is 22.3 Å². The van der Waals surface area contributed by atoms with Gasteiger partial charge in [-0.3, -0.25) is 9.59 Å². The van der Waals surface area contributed by atoms with E-state index in [4.69, 9.17) is 0 Å². The number of rotatable bonds is 9. The molecular formula is C26H36N2O2. The number of aryl methyl sites for hydroxylation is 3. The van der Waals surface area contributed by atoms with Gasteiger partial charge in [-0.1, -0.05) is 79.9 Å². The maximum Gasteiger partial charge on any atom is 0.242 e. The van der Waals surface area contributed by atoms with Crippen LogP contribution in [0.2, 0.25) is 0 Å². The van der Waals surface area contributed by atoms with Crippen molar-refractivity contribution in [2.24, 2.45) is 5.92 Å². The lowest BCUT2D eigenvalue weighted by Crippen LogP contribution is -2.50. The van der Waals surface area contributed by atoms with Crippen molar-refractivity contribution < 1.29 is 9.59 Å². The zero-order chi connectivity index (χ0) is 22.3. The monoisotopic (exact) mass is 408 g/mol. The fourth-order valence-electron chi connectivity index (χ4n) is 3.68. The molecule has 0 aliphatic rings. The Bertz CT molecular complexity index is 836. The van der Waals surface area contributed by atoms with Crippen LogP contribution in [0.5, 0.6) is 0 Å². The Hall–Kier alpha value is -2.62. The largest absolute Gasteiger partial charge is 0.354 e. The number of benzene rings is 2. The molecule has 2 rings (SSSR count). The predicted molar refractivity (Wildman–Crippen MR) is 123 cm³/mol. The second kappa shape index (κ2) is 11.0. The van der Waals surface area contributed by atoms with Gasteiger partial charge in [0.15, 0.2) is 0 Å². The van der Waals surface area contributed by atoms with Gasteiger partial charge in [0.25, 0.3) is 0 Å². The number of nitrogens with one attached hydrogen (secondary N) is 1. The molecule has 0 saturated carbocycles. The SMILES string of the molecule is CCC(C(=O)NCC(C)C)N(Cc1ccc(C)cc1)C(=O)Cc1cc(C)cc(C)c1. The van der Waals surface area contributed by atoms with Gasteiger partial charge in [-0.05, 0) is 44.2 Å². The first-order chi connectivity index (χ1) is 14.2. The van der Waals surface area contributed by atoms with Gasteiger partial charge in [0.05, 0.1) is 6.42 Å². The van der Waals surface area contributed by atoms with Crippen LogP contribution < -0.4 is 5.32 Å². The Morgan fingerprint density at radius 3 is 2.03 bits per heavy atom. The predicted octanol–water partition coefficient (Wildman–Crippen LogP) is 4.73. The van der Waals surface area contributed by atoms with E-state index in [1.165, 1.54) is 5.56 Å². The van der Waals surface area contributed by atoms with Crippen molar-refractivity contribution in [2.45, 2.75) is 67.0 Å². The minimum Gasteiger partial charge on any atom is -0.354 e. The summed E-state index contributed by atoms with van der Waals surface area (Å²) in [5.74, 6) is 0.266. The molecule has 1 atom stereocenters. The lowest BCUT2D eigenvalue weighted by atomic mass is 10.0. The second-order valence-corrected chi connectivity index (χ2v) is 8.74. The van der Waals surface area contributed by atoms with Crippen LogP contribution in [-0.2, 0) is 22.6 Å². The molecule has 1 unspecified atom stereocenters. The first-order valence-electron chi connectivity index (χ1n) is 10.9. The van der Waals surface area contributed by atoms with Gasteiger partial charge in [-0.15, -0.1) is 0 Å². The van der Waals surface area contributed by atoms with Crippen molar-refractivity contribution in [2.75, 3.05) is 6.54 Å². The topological polar surface area (TPSA) is 49.4 Å². The van der Waals surface area contributed by atoms with Crippen LogP contribution in [0.3, 0.4) is 0 Å². The third-order valence-electron chi connectivity index (χ3n) is 5.18. The van der Waals surface area contributed by atoms with E-state index in [9.17, 15) is 9.59 Å². The lowest BCUT2D eigenvalue weighted by Gasteiger charge is -2.31. The summed E-state index contributed by atoms with van der Waals surface area (Å²) < 4.78 is 0. The van der Waals surface area contributed by atoms with E-state index in [1.54, 1.807) is 4.90 Å². The zero-order valence-corrected chi connectivity index (χ0v) is 19.3. The smallest absolute Gasteiger partial charge is 0.242 e. The van der Waals surface area contributed by atoms with Crippen LogP contribution in [0, 0.1) is 26.7 Å². The molecule has 0 aliphatic carbocycles. The summed E-state index contributed by atoms with van der Waals surface area (Å²) >= 11 is 0. The van der Waals surface area contributed by atoms with Crippen LogP contribution in [0.4, 0.5) is 0 Å². The quantitative estimate of drug-likeness (QED) is 0.652. The molecule has 0 saturated heterocycles. The van der Waals surface area contributed by atoms with Crippen LogP contribution in [0.1, 0.15) is 55.0 Å². The summed E-state index contributed by atoms with van der Waals surface area (Å²) in [4.78, 5) is 28.1. The van der Waals surface area contributed by atoms with Crippen molar-refractivity contribution in [3.8, 4) is 0 Å². The highest BCUT2D eigenvalue weighted by atomic mass is 16.2. The fraction of sp³-hybridized carbons (Fsp3) is 0.462. The van der Waals surface area contributed by atoms with Gasteiger partial charge in [0, 0.05) is 13.1 Å². The van der Waals surface area contributed by atoms with E-state index in [2.05, 4.69) is 37.4 Å². The molecule has 4 heteroatoms. The van der Waals surface area contributed by atoms with E-state index >= 15 is 0 Å². The Balaban J connectivity index is 2.29. The Morgan fingerprint density at radius 1 is 0.900 bits per heavy atom. The Kier molecular flexibility index (Phi) is 8.64. The van der Waals surface area contributed by atoms with Gasteiger partial charge >= 0.3 is 0 Å². The number of hydrogen-bond donors (Lipinski definition) is 1. The van der Waals surface area contributed by atoms with E-state index < -0.39 is 6.04 Å². The van der Waals surface area contributed by atoms with Crippen LogP contribution in [0.15, 0.2) is 42.5 Å². The number of hydrogen-bond acceptors (Lipinski definition) is 2. The maximum absolute atomic E-state index is 13.4. The standard InChI is InChI=1S/C26H36N2O2/c1-7-24(26(30)27-16-18(2)3)28(17-22-10-8-19(4)9-11-22)25(29)15-23-13-20(5)12-21(6)14-23/h8-14,18,24H,7,15-17H2,1-6H3,(H,27,30). The van der Waals surface area contributed by atoms with E-state index in [-0.39, 0.29) is 11.8 Å². The van der Waals surface area contributed by atoms with Gasteiger partial charge in [-0.25, -0.2) is 0 Å². The lowest BCUT2D eigenvalue weighted by molar-refractivity contribution is -0.141. The molecule has 0 aromatic heterocycles. The van der Waals surface area contributed by atoms with Crippen molar-refractivity contribution >= 4 is 11.8 Å². The average Bonchev–Trinajstić information content (AvgIpc) is 2.66. The number of carbonyl (C=O) groups is 2.